The minimum atomic E-state index is 0.0610. The van der Waals surface area contributed by atoms with Crippen LogP contribution < -0.4 is 4.90 Å². The number of thiazole rings is 1. The molecule has 124 valence electrons. The number of aryl methyl sites for hydroxylation is 1. The molecular weight excluding hydrogens is 350 g/mol. The van der Waals surface area contributed by atoms with E-state index in [1.807, 2.05) is 55.0 Å². The molecule has 0 aliphatic carbocycles. The Morgan fingerprint density at radius 2 is 1.92 bits per heavy atom. The van der Waals surface area contributed by atoms with Crippen LogP contribution in [0, 0.1) is 6.92 Å². The Labute approximate surface area is 155 Å². The van der Waals surface area contributed by atoms with Crippen molar-refractivity contribution in [3.8, 4) is 10.6 Å². The van der Waals surface area contributed by atoms with Gasteiger partial charge in [-0.15, -0.1) is 11.3 Å². The van der Waals surface area contributed by atoms with Gasteiger partial charge in [0, 0.05) is 22.5 Å². The third-order valence-corrected chi connectivity index (χ3v) is 5.59. The van der Waals surface area contributed by atoms with Crippen molar-refractivity contribution >= 4 is 35.0 Å². The van der Waals surface area contributed by atoms with Crippen LogP contribution in [0.2, 0.25) is 5.02 Å². The smallest absolute Gasteiger partial charge is 0.123 e. The summed E-state index contributed by atoms with van der Waals surface area (Å²) in [6, 6.07) is 18.2. The van der Waals surface area contributed by atoms with Crippen molar-refractivity contribution < 1.29 is 0 Å². The second-order valence-corrected chi connectivity index (χ2v) is 7.24. The highest BCUT2D eigenvalue weighted by molar-refractivity contribution is 7.15. The molecule has 3 nitrogen and oxygen atoms in total. The normalized spacial score (nSPS) is 16.4. The van der Waals surface area contributed by atoms with E-state index in [1.165, 1.54) is 4.88 Å². The van der Waals surface area contributed by atoms with Crippen LogP contribution in [-0.2, 0) is 0 Å². The largest absolute Gasteiger partial charge is 0.320 e. The molecule has 1 aliphatic heterocycles. The summed E-state index contributed by atoms with van der Waals surface area (Å²) in [6.45, 7) is 2.06. The van der Waals surface area contributed by atoms with Gasteiger partial charge in [0.05, 0.1) is 23.0 Å². The van der Waals surface area contributed by atoms with Crippen LogP contribution in [0.4, 0.5) is 5.69 Å². The SMILES string of the molecule is Cc1nc(-c2ccccc2)sc1C1C=CN=CN1c1cccc(Cl)c1. The zero-order valence-corrected chi connectivity index (χ0v) is 15.2. The minimum absolute atomic E-state index is 0.0610. The molecule has 0 saturated carbocycles. The fourth-order valence-electron chi connectivity index (χ4n) is 2.87. The Balaban J connectivity index is 1.74. The summed E-state index contributed by atoms with van der Waals surface area (Å²) in [5.41, 5.74) is 3.20. The molecule has 1 aliphatic rings. The Morgan fingerprint density at radius 3 is 2.72 bits per heavy atom. The highest BCUT2D eigenvalue weighted by Gasteiger charge is 2.24. The topological polar surface area (TPSA) is 28.5 Å². The lowest BCUT2D eigenvalue weighted by Crippen LogP contribution is -2.27. The molecule has 0 radical (unpaired) electrons. The number of aromatic nitrogens is 1. The van der Waals surface area contributed by atoms with E-state index in [9.17, 15) is 0 Å². The maximum absolute atomic E-state index is 6.17. The zero-order chi connectivity index (χ0) is 17.2. The van der Waals surface area contributed by atoms with Gasteiger partial charge in [0.2, 0.25) is 0 Å². The fourth-order valence-corrected chi connectivity index (χ4v) is 4.21. The van der Waals surface area contributed by atoms with Crippen LogP contribution in [0.1, 0.15) is 16.6 Å². The average Bonchev–Trinajstić information content (AvgIpc) is 3.04. The standard InChI is InChI=1S/C20H16ClN3S/c1-14-19(25-20(23-14)15-6-3-2-4-7-15)18-10-11-22-13-24(18)17-9-5-8-16(21)12-17/h2-13,18H,1H3. The predicted molar refractivity (Wildman–Crippen MR) is 107 cm³/mol. The molecule has 1 aromatic heterocycles. The van der Waals surface area contributed by atoms with Gasteiger partial charge in [-0.05, 0) is 31.2 Å². The van der Waals surface area contributed by atoms with Crippen LogP contribution in [0.5, 0.6) is 0 Å². The molecule has 2 aromatic carbocycles. The van der Waals surface area contributed by atoms with Crippen LogP contribution in [0.25, 0.3) is 10.6 Å². The quantitative estimate of drug-likeness (QED) is 0.580. The average molecular weight is 366 g/mol. The predicted octanol–water partition coefficient (Wildman–Crippen LogP) is 5.88. The highest BCUT2D eigenvalue weighted by atomic mass is 35.5. The van der Waals surface area contributed by atoms with E-state index in [1.54, 1.807) is 11.3 Å². The molecule has 2 heterocycles. The summed E-state index contributed by atoms with van der Waals surface area (Å²) in [4.78, 5) is 12.4. The number of nitrogens with zero attached hydrogens (tertiary/aromatic N) is 3. The van der Waals surface area contributed by atoms with E-state index in [-0.39, 0.29) is 6.04 Å². The first-order chi connectivity index (χ1) is 12.2. The number of rotatable bonds is 3. The second kappa shape index (κ2) is 6.82. The van der Waals surface area contributed by atoms with Crippen molar-refractivity contribution in [1.82, 2.24) is 4.98 Å². The van der Waals surface area contributed by atoms with E-state index in [0.717, 1.165) is 22.0 Å². The van der Waals surface area contributed by atoms with Gasteiger partial charge in [0.1, 0.15) is 5.01 Å². The summed E-state index contributed by atoms with van der Waals surface area (Å²) in [5, 5.41) is 1.75. The monoisotopic (exact) mass is 365 g/mol. The molecular formula is C20H16ClN3S. The fraction of sp³-hybridized carbons (Fsp3) is 0.100. The van der Waals surface area contributed by atoms with Crippen molar-refractivity contribution in [1.29, 1.82) is 0 Å². The van der Waals surface area contributed by atoms with Gasteiger partial charge in [0.15, 0.2) is 0 Å². The summed E-state index contributed by atoms with van der Waals surface area (Å²) < 4.78 is 0. The minimum Gasteiger partial charge on any atom is -0.320 e. The lowest BCUT2D eigenvalue weighted by atomic mass is 10.1. The highest BCUT2D eigenvalue weighted by Crippen LogP contribution is 2.37. The third kappa shape index (κ3) is 3.23. The number of halogens is 1. The van der Waals surface area contributed by atoms with Gasteiger partial charge in [-0.3, -0.25) is 0 Å². The summed E-state index contributed by atoms with van der Waals surface area (Å²) >= 11 is 7.90. The van der Waals surface area contributed by atoms with Crippen molar-refractivity contribution in [2.45, 2.75) is 13.0 Å². The molecule has 0 saturated heterocycles. The number of benzene rings is 2. The Morgan fingerprint density at radius 1 is 1.08 bits per heavy atom. The van der Waals surface area contributed by atoms with Gasteiger partial charge in [-0.2, -0.15) is 0 Å². The van der Waals surface area contributed by atoms with E-state index in [2.05, 4.69) is 35.0 Å². The van der Waals surface area contributed by atoms with Gasteiger partial charge < -0.3 is 4.90 Å². The molecule has 0 amide bonds. The van der Waals surface area contributed by atoms with Gasteiger partial charge in [-0.1, -0.05) is 48.0 Å². The number of aliphatic imine (C=N–C) groups is 1. The van der Waals surface area contributed by atoms with Crippen LogP contribution in [0.3, 0.4) is 0 Å². The van der Waals surface area contributed by atoms with E-state index >= 15 is 0 Å². The lowest BCUT2D eigenvalue weighted by molar-refractivity contribution is 0.874. The lowest BCUT2D eigenvalue weighted by Gasteiger charge is -2.29. The second-order valence-electron chi connectivity index (χ2n) is 5.77. The van der Waals surface area contributed by atoms with Crippen molar-refractivity contribution in [2.24, 2.45) is 4.99 Å². The van der Waals surface area contributed by atoms with Gasteiger partial charge >= 0.3 is 0 Å². The molecule has 0 spiro atoms. The van der Waals surface area contributed by atoms with E-state index < -0.39 is 0 Å². The third-order valence-electron chi connectivity index (χ3n) is 4.07. The first-order valence-electron chi connectivity index (χ1n) is 7.99. The summed E-state index contributed by atoms with van der Waals surface area (Å²) in [7, 11) is 0. The maximum Gasteiger partial charge on any atom is 0.123 e. The van der Waals surface area contributed by atoms with Crippen LogP contribution >= 0.6 is 22.9 Å². The zero-order valence-electron chi connectivity index (χ0n) is 13.6. The molecule has 1 atom stereocenters. The summed E-state index contributed by atoms with van der Waals surface area (Å²) in [5.74, 6) is 0. The Bertz CT molecular complexity index is 947. The number of anilines is 1. The maximum atomic E-state index is 6.17. The van der Waals surface area contributed by atoms with Crippen molar-refractivity contribution in [2.75, 3.05) is 4.90 Å². The molecule has 0 bridgehead atoms. The molecule has 3 aromatic rings. The van der Waals surface area contributed by atoms with E-state index in [4.69, 9.17) is 16.6 Å². The molecule has 5 heteroatoms. The molecule has 4 rings (SSSR count). The number of hydrogen-bond donors (Lipinski definition) is 0. The van der Waals surface area contributed by atoms with Gasteiger partial charge in [0.25, 0.3) is 0 Å². The molecule has 0 fully saturated rings. The molecule has 1 unspecified atom stereocenters. The molecule has 0 N–H and O–H groups in total. The molecule has 25 heavy (non-hydrogen) atoms. The van der Waals surface area contributed by atoms with Gasteiger partial charge in [-0.25, -0.2) is 9.98 Å². The van der Waals surface area contributed by atoms with Crippen molar-refractivity contribution in [3.05, 3.63) is 82.5 Å². The van der Waals surface area contributed by atoms with E-state index in [0.29, 0.717) is 5.02 Å². The Kier molecular flexibility index (Phi) is 4.38. The number of hydrogen-bond acceptors (Lipinski definition) is 4. The Hall–Kier alpha value is -2.43. The first-order valence-corrected chi connectivity index (χ1v) is 9.18. The summed E-state index contributed by atoms with van der Waals surface area (Å²) in [6.07, 6.45) is 5.78. The first kappa shape index (κ1) is 16.1. The van der Waals surface area contributed by atoms with Crippen LogP contribution in [0.15, 0.2) is 71.9 Å². The van der Waals surface area contributed by atoms with Crippen LogP contribution in [-0.4, -0.2) is 11.3 Å². The van der Waals surface area contributed by atoms with Crippen molar-refractivity contribution in [3.63, 3.8) is 0 Å².